The maximum atomic E-state index is 12.6. The van der Waals surface area contributed by atoms with Crippen molar-refractivity contribution in [1.82, 2.24) is 9.88 Å². The molecule has 1 aromatic heterocycles. The zero-order valence-electron chi connectivity index (χ0n) is 13.3. The van der Waals surface area contributed by atoms with E-state index in [2.05, 4.69) is 4.98 Å². The fraction of sp³-hybridized carbons (Fsp3) is 0.333. The Bertz CT molecular complexity index is 648. The maximum absolute atomic E-state index is 12.6. The van der Waals surface area contributed by atoms with Gasteiger partial charge in [0.1, 0.15) is 5.75 Å². The zero-order valence-corrected chi connectivity index (χ0v) is 13.3. The van der Waals surface area contributed by atoms with Gasteiger partial charge in [-0.05, 0) is 32.0 Å². The van der Waals surface area contributed by atoms with Crippen molar-refractivity contribution in [1.29, 1.82) is 0 Å². The summed E-state index contributed by atoms with van der Waals surface area (Å²) in [6, 6.07) is 12.9. The summed E-state index contributed by atoms with van der Waals surface area (Å²) in [4.78, 5) is 18.6. The second-order valence-corrected chi connectivity index (χ2v) is 5.77. The van der Waals surface area contributed by atoms with Crippen LogP contribution in [0.1, 0.15) is 24.2 Å². The lowest BCUT2D eigenvalue weighted by molar-refractivity contribution is -0.0586. The van der Waals surface area contributed by atoms with E-state index in [4.69, 9.17) is 9.47 Å². The number of carbonyl (C=O) groups excluding carboxylic acids is 1. The Kier molecular flexibility index (Phi) is 4.57. The Morgan fingerprint density at radius 1 is 1.13 bits per heavy atom. The molecule has 0 spiro atoms. The van der Waals surface area contributed by atoms with Crippen molar-refractivity contribution in [3.05, 3.63) is 54.2 Å². The van der Waals surface area contributed by atoms with Gasteiger partial charge >= 0.3 is 0 Å². The van der Waals surface area contributed by atoms with Gasteiger partial charge in [0.05, 0.1) is 17.8 Å². The molecule has 2 aromatic rings. The normalized spacial score (nSPS) is 21.0. The summed E-state index contributed by atoms with van der Waals surface area (Å²) in [7, 11) is 0. The Morgan fingerprint density at radius 2 is 1.83 bits per heavy atom. The van der Waals surface area contributed by atoms with Gasteiger partial charge in [-0.2, -0.15) is 0 Å². The second kappa shape index (κ2) is 6.79. The summed E-state index contributed by atoms with van der Waals surface area (Å²) in [6.45, 7) is 5.16. The lowest BCUT2D eigenvalue weighted by Crippen LogP contribution is -2.48. The fourth-order valence-corrected chi connectivity index (χ4v) is 2.70. The molecule has 1 aromatic carbocycles. The highest BCUT2D eigenvalue weighted by Gasteiger charge is 2.26. The molecule has 3 rings (SSSR count). The Labute approximate surface area is 135 Å². The summed E-state index contributed by atoms with van der Waals surface area (Å²) < 4.78 is 11.3. The molecule has 5 heteroatoms. The van der Waals surface area contributed by atoms with Gasteiger partial charge in [-0.3, -0.25) is 4.79 Å². The molecule has 2 unspecified atom stereocenters. The summed E-state index contributed by atoms with van der Waals surface area (Å²) in [5, 5.41) is 0. The van der Waals surface area contributed by atoms with E-state index in [1.807, 2.05) is 49.1 Å². The van der Waals surface area contributed by atoms with Crippen LogP contribution in [0.3, 0.4) is 0 Å². The number of morpholine rings is 1. The molecule has 23 heavy (non-hydrogen) atoms. The lowest BCUT2D eigenvalue weighted by atomic mass is 10.2. The molecule has 0 radical (unpaired) electrons. The van der Waals surface area contributed by atoms with Crippen molar-refractivity contribution in [2.24, 2.45) is 0 Å². The molecule has 1 aliphatic rings. The largest absolute Gasteiger partial charge is 0.439 e. The van der Waals surface area contributed by atoms with Gasteiger partial charge in [-0.1, -0.05) is 18.2 Å². The predicted octanol–water partition coefficient (Wildman–Crippen LogP) is 3.12. The first-order valence-corrected chi connectivity index (χ1v) is 7.75. The van der Waals surface area contributed by atoms with Crippen molar-refractivity contribution < 1.29 is 14.3 Å². The third-order valence-corrected chi connectivity index (χ3v) is 3.66. The minimum Gasteiger partial charge on any atom is -0.439 e. The average molecular weight is 312 g/mol. The molecule has 0 N–H and O–H groups in total. The molecule has 0 bridgehead atoms. The SMILES string of the molecule is CC1CN(C(=O)c2ccc(Oc3ccccc3)nc2)CC(C)O1. The van der Waals surface area contributed by atoms with Gasteiger partial charge in [0.25, 0.3) is 5.91 Å². The quantitative estimate of drug-likeness (QED) is 0.874. The van der Waals surface area contributed by atoms with E-state index >= 15 is 0 Å². The molecule has 0 saturated carbocycles. The lowest BCUT2D eigenvalue weighted by Gasteiger charge is -2.35. The van der Waals surface area contributed by atoms with Crippen LogP contribution >= 0.6 is 0 Å². The van der Waals surface area contributed by atoms with E-state index in [0.29, 0.717) is 24.5 Å². The standard InChI is InChI=1S/C18H20N2O3/c1-13-11-20(12-14(2)22-13)18(21)15-8-9-17(19-10-15)23-16-6-4-3-5-7-16/h3-10,13-14H,11-12H2,1-2H3. The van der Waals surface area contributed by atoms with Crippen LogP contribution < -0.4 is 4.74 Å². The average Bonchev–Trinajstić information content (AvgIpc) is 2.55. The fourth-order valence-electron chi connectivity index (χ4n) is 2.70. The number of nitrogens with zero attached hydrogens (tertiary/aromatic N) is 2. The number of carbonyl (C=O) groups is 1. The monoisotopic (exact) mass is 312 g/mol. The van der Waals surface area contributed by atoms with E-state index in [-0.39, 0.29) is 18.1 Å². The molecule has 2 atom stereocenters. The molecule has 2 heterocycles. The molecule has 1 aliphatic heterocycles. The summed E-state index contributed by atoms with van der Waals surface area (Å²) in [5.74, 6) is 1.16. The Balaban J connectivity index is 1.68. The van der Waals surface area contributed by atoms with Crippen molar-refractivity contribution in [3.63, 3.8) is 0 Å². The third-order valence-electron chi connectivity index (χ3n) is 3.66. The predicted molar refractivity (Wildman–Crippen MR) is 86.7 cm³/mol. The second-order valence-electron chi connectivity index (χ2n) is 5.77. The van der Waals surface area contributed by atoms with Gasteiger partial charge in [0.15, 0.2) is 0 Å². The minimum atomic E-state index is -0.0224. The molecular formula is C18H20N2O3. The van der Waals surface area contributed by atoms with Crippen molar-refractivity contribution in [2.75, 3.05) is 13.1 Å². The third kappa shape index (κ3) is 3.87. The van der Waals surface area contributed by atoms with Crippen LogP contribution in [-0.4, -0.2) is 41.1 Å². The van der Waals surface area contributed by atoms with Gasteiger partial charge in [-0.15, -0.1) is 0 Å². The van der Waals surface area contributed by atoms with E-state index < -0.39 is 0 Å². The molecule has 1 amide bonds. The first kappa shape index (κ1) is 15.5. The number of ether oxygens (including phenoxy) is 2. The summed E-state index contributed by atoms with van der Waals surface area (Å²) >= 11 is 0. The van der Waals surface area contributed by atoms with E-state index in [9.17, 15) is 4.79 Å². The van der Waals surface area contributed by atoms with Crippen LogP contribution in [0.4, 0.5) is 0 Å². The van der Waals surface area contributed by atoms with Crippen molar-refractivity contribution in [3.8, 4) is 11.6 Å². The van der Waals surface area contributed by atoms with Crippen LogP contribution in [-0.2, 0) is 4.74 Å². The number of hydrogen-bond acceptors (Lipinski definition) is 4. The minimum absolute atomic E-state index is 0.0224. The van der Waals surface area contributed by atoms with Crippen molar-refractivity contribution in [2.45, 2.75) is 26.1 Å². The van der Waals surface area contributed by atoms with Crippen LogP contribution in [0, 0.1) is 0 Å². The molecule has 1 fully saturated rings. The molecule has 0 aliphatic carbocycles. The number of benzene rings is 1. The zero-order chi connectivity index (χ0) is 16.2. The van der Waals surface area contributed by atoms with E-state index in [1.54, 1.807) is 18.3 Å². The first-order valence-electron chi connectivity index (χ1n) is 7.75. The molecule has 1 saturated heterocycles. The van der Waals surface area contributed by atoms with Crippen molar-refractivity contribution >= 4 is 5.91 Å². The first-order chi connectivity index (χ1) is 11.1. The number of rotatable bonds is 3. The molecular weight excluding hydrogens is 292 g/mol. The molecule has 120 valence electrons. The van der Waals surface area contributed by atoms with Crippen LogP contribution in [0.2, 0.25) is 0 Å². The Hall–Kier alpha value is -2.40. The maximum Gasteiger partial charge on any atom is 0.255 e. The number of para-hydroxylation sites is 1. The Morgan fingerprint density at radius 3 is 2.43 bits per heavy atom. The summed E-state index contributed by atoms with van der Waals surface area (Å²) in [6.07, 6.45) is 1.67. The highest BCUT2D eigenvalue weighted by atomic mass is 16.5. The topological polar surface area (TPSA) is 51.7 Å². The van der Waals surface area contributed by atoms with Crippen LogP contribution in [0.15, 0.2) is 48.7 Å². The van der Waals surface area contributed by atoms with Gasteiger partial charge in [-0.25, -0.2) is 4.98 Å². The van der Waals surface area contributed by atoms with E-state index in [1.165, 1.54) is 0 Å². The number of amides is 1. The number of aromatic nitrogens is 1. The summed E-state index contributed by atoms with van der Waals surface area (Å²) in [5.41, 5.74) is 0.562. The van der Waals surface area contributed by atoms with Crippen LogP contribution in [0.25, 0.3) is 0 Å². The number of pyridine rings is 1. The van der Waals surface area contributed by atoms with Crippen LogP contribution in [0.5, 0.6) is 11.6 Å². The number of hydrogen-bond donors (Lipinski definition) is 0. The highest BCUT2D eigenvalue weighted by Crippen LogP contribution is 2.20. The highest BCUT2D eigenvalue weighted by molar-refractivity contribution is 5.94. The molecule has 5 nitrogen and oxygen atoms in total. The van der Waals surface area contributed by atoms with Gasteiger partial charge < -0.3 is 14.4 Å². The van der Waals surface area contributed by atoms with Gasteiger partial charge in [0.2, 0.25) is 5.88 Å². The smallest absolute Gasteiger partial charge is 0.255 e. The van der Waals surface area contributed by atoms with Gasteiger partial charge in [0, 0.05) is 25.4 Å². The van der Waals surface area contributed by atoms with E-state index in [0.717, 1.165) is 5.75 Å².